The number of nitro groups is 1. The number of thiol groups is 1. The number of hydrogen-bond donors (Lipinski definition) is 4. The molecular formula is C22H28F6N4O11S3. The third-order valence-electron chi connectivity index (χ3n) is 6.89. The van der Waals surface area contributed by atoms with Gasteiger partial charge in [0.1, 0.15) is 12.6 Å². The van der Waals surface area contributed by atoms with E-state index < -0.39 is 48.3 Å². The molecule has 0 radical (unpaired) electrons. The number of nitrogens with zero attached hydrogens (tertiary/aromatic N) is 3. The fourth-order valence-corrected chi connectivity index (χ4v) is 4.99. The average molecular weight is 735 g/mol. The SMILES string of the molecule is O=C(NC1CN2CCC1CC2)C1C[C@H](S)CN1C(=O)OCc1ccc([N+](=O)[O-])cc1.O=S(=O)(O)C(F)(F)F.O=S(=O)(O)C(F)(F)F. The standard InChI is InChI=1S/C20H26N4O5S.2CHF3O3S/c25-19(21-17-11-22-7-5-14(17)6-8-22)18-9-16(30)10-23(18)20(26)29-12-13-1-3-15(4-2-13)24(27)28;2*2-1(3,4)8(5,6)7/h1-4,14,16-18,30H,5-12H2,(H,21,25);2*(H,5,6,7)/t16-,17?,18?;;/m0../s1. The Morgan fingerprint density at radius 2 is 1.46 bits per heavy atom. The molecule has 3 N–H and O–H groups in total. The molecule has 1 aromatic carbocycles. The van der Waals surface area contributed by atoms with Gasteiger partial charge >= 0.3 is 37.3 Å². The van der Waals surface area contributed by atoms with Crippen LogP contribution in [0.4, 0.5) is 36.8 Å². The summed E-state index contributed by atoms with van der Waals surface area (Å²) in [6, 6.07) is 5.38. The lowest BCUT2D eigenvalue weighted by Gasteiger charge is -2.45. The van der Waals surface area contributed by atoms with Gasteiger partial charge in [0.05, 0.1) is 4.92 Å². The Bertz CT molecular complexity index is 1410. The normalized spacial score (nSPS) is 24.5. The minimum Gasteiger partial charge on any atom is -0.445 e. The molecule has 1 aromatic rings. The first-order chi connectivity index (χ1) is 20.9. The van der Waals surface area contributed by atoms with E-state index in [4.69, 9.17) is 30.7 Å². The highest BCUT2D eigenvalue weighted by Gasteiger charge is 2.45. The van der Waals surface area contributed by atoms with Crippen LogP contribution in [0.5, 0.6) is 0 Å². The molecule has 3 atom stereocenters. The molecule has 15 nitrogen and oxygen atoms in total. The Balaban J connectivity index is 0.000000381. The Labute approximate surface area is 263 Å². The van der Waals surface area contributed by atoms with Gasteiger partial charge in [0.25, 0.3) is 5.69 Å². The molecule has 0 saturated carbocycles. The molecule has 4 saturated heterocycles. The lowest BCUT2D eigenvalue weighted by Crippen LogP contribution is -2.59. The number of ether oxygens (including phenoxy) is 1. The zero-order valence-electron chi connectivity index (χ0n) is 23.2. The van der Waals surface area contributed by atoms with Crippen molar-refractivity contribution in [1.82, 2.24) is 15.1 Å². The number of rotatable bonds is 5. The summed E-state index contributed by atoms with van der Waals surface area (Å²) in [5.41, 5.74) is -10.4. The summed E-state index contributed by atoms with van der Waals surface area (Å²) in [6.07, 6.45) is 2.12. The predicted octanol–water partition coefficient (Wildman–Crippen LogP) is 2.60. The number of carbonyl (C=O) groups excluding carboxylic acids is 2. The smallest absolute Gasteiger partial charge is 0.445 e. The van der Waals surface area contributed by atoms with Crippen molar-refractivity contribution in [1.29, 1.82) is 0 Å². The fraction of sp³-hybridized carbons (Fsp3) is 0.636. The van der Waals surface area contributed by atoms with Crippen LogP contribution < -0.4 is 5.32 Å². The van der Waals surface area contributed by atoms with Crippen LogP contribution in [0.3, 0.4) is 0 Å². The number of nitrogens with one attached hydrogen (secondary N) is 1. The Hall–Kier alpha value is -2.93. The molecule has 4 aliphatic rings. The number of likely N-dealkylation sites (tertiary alicyclic amines) is 1. The van der Waals surface area contributed by atoms with Gasteiger partial charge in [-0.1, -0.05) is 0 Å². The largest absolute Gasteiger partial charge is 0.522 e. The number of alkyl halides is 6. The van der Waals surface area contributed by atoms with Crippen molar-refractivity contribution in [2.45, 2.75) is 54.2 Å². The number of benzene rings is 1. The van der Waals surface area contributed by atoms with E-state index in [0.29, 0.717) is 24.4 Å². The summed E-state index contributed by atoms with van der Waals surface area (Å²) in [4.78, 5) is 39.7. The summed E-state index contributed by atoms with van der Waals surface area (Å²) >= 11 is 4.48. The van der Waals surface area contributed by atoms with E-state index >= 15 is 0 Å². The number of piperidine rings is 3. The summed E-state index contributed by atoms with van der Waals surface area (Å²) in [5, 5.41) is 13.8. The van der Waals surface area contributed by atoms with Crippen molar-refractivity contribution in [2.75, 3.05) is 26.2 Å². The van der Waals surface area contributed by atoms with E-state index in [2.05, 4.69) is 22.8 Å². The molecule has 2 unspecified atom stereocenters. The number of non-ortho nitro benzene ring substituents is 1. The summed E-state index contributed by atoms with van der Waals surface area (Å²) in [5.74, 6) is 0.368. The highest BCUT2D eigenvalue weighted by Crippen LogP contribution is 2.29. The number of nitro benzene ring substituents is 1. The van der Waals surface area contributed by atoms with Crippen molar-refractivity contribution in [3.8, 4) is 0 Å². The lowest BCUT2D eigenvalue weighted by molar-refractivity contribution is -0.384. The molecular weight excluding hydrogens is 706 g/mol. The molecule has 46 heavy (non-hydrogen) atoms. The molecule has 4 heterocycles. The van der Waals surface area contributed by atoms with Crippen LogP contribution in [0.15, 0.2) is 24.3 Å². The quantitative estimate of drug-likeness (QED) is 0.0859. The molecule has 4 fully saturated rings. The van der Waals surface area contributed by atoms with E-state index in [1.165, 1.54) is 17.0 Å². The molecule has 24 heteroatoms. The van der Waals surface area contributed by atoms with Gasteiger partial charge < -0.3 is 15.0 Å². The van der Waals surface area contributed by atoms with Gasteiger partial charge in [-0.15, -0.1) is 0 Å². The monoisotopic (exact) mass is 734 g/mol. The minimum atomic E-state index is -5.84. The molecule has 4 aliphatic heterocycles. The average Bonchev–Trinajstić information content (AvgIpc) is 3.33. The number of amides is 2. The van der Waals surface area contributed by atoms with E-state index in [1.807, 2.05) is 0 Å². The van der Waals surface area contributed by atoms with Crippen molar-refractivity contribution in [2.24, 2.45) is 5.92 Å². The lowest BCUT2D eigenvalue weighted by atomic mass is 9.84. The van der Waals surface area contributed by atoms with Gasteiger partial charge in [0, 0.05) is 36.5 Å². The summed E-state index contributed by atoms with van der Waals surface area (Å²) in [6.45, 7) is 3.40. The summed E-state index contributed by atoms with van der Waals surface area (Å²) in [7, 11) is -11.7. The van der Waals surface area contributed by atoms with Gasteiger partial charge in [0.2, 0.25) is 5.91 Å². The Morgan fingerprint density at radius 3 is 1.85 bits per heavy atom. The van der Waals surface area contributed by atoms with Crippen LogP contribution in [0, 0.1) is 16.0 Å². The zero-order chi connectivity index (χ0) is 35.3. The van der Waals surface area contributed by atoms with Crippen molar-refractivity contribution in [3.05, 3.63) is 39.9 Å². The second-order valence-electron chi connectivity index (χ2n) is 10.1. The minimum absolute atomic E-state index is 0.0153. The Morgan fingerprint density at radius 1 is 0.978 bits per heavy atom. The first-order valence-corrected chi connectivity index (χ1v) is 16.3. The highest BCUT2D eigenvalue weighted by molar-refractivity contribution is 7.86. The van der Waals surface area contributed by atoms with Crippen molar-refractivity contribution in [3.63, 3.8) is 0 Å². The first-order valence-electron chi connectivity index (χ1n) is 12.9. The van der Waals surface area contributed by atoms with E-state index in [9.17, 15) is 46.0 Å². The number of carbonyl (C=O) groups is 2. The van der Waals surface area contributed by atoms with Gasteiger partial charge in [-0.3, -0.25) is 28.9 Å². The highest BCUT2D eigenvalue weighted by atomic mass is 32.2. The second-order valence-corrected chi connectivity index (χ2v) is 13.7. The van der Waals surface area contributed by atoms with Crippen LogP contribution in [-0.4, -0.2) is 107 Å². The third-order valence-corrected chi connectivity index (χ3v) is 8.44. The maximum absolute atomic E-state index is 12.9. The summed E-state index contributed by atoms with van der Waals surface area (Å²) < 4.78 is 120. The van der Waals surface area contributed by atoms with Gasteiger partial charge in [-0.05, 0) is 56.0 Å². The van der Waals surface area contributed by atoms with E-state index in [1.54, 1.807) is 12.1 Å². The maximum atomic E-state index is 12.9. The predicted molar refractivity (Wildman–Crippen MR) is 147 cm³/mol. The molecule has 2 bridgehead atoms. The zero-order valence-corrected chi connectivity index (χ0v) is 25.7. The number of fused-ring (bicyclic) bond motifs is 3. The molecule has 5 rings (SSSR count). The van der Waals surface area contributed by atoms with Crippen LogP contribution in [-0.2, 0) is 36.4 Å². The molecule has 2 amide bonds. The van der Waals surface area contributed by atoms with Crippen LogP contribution >= 0.6 is 12.6 Å². The molecule has 0 spiro atoms. The van der Waals surface area contributed by atoms with E-state index in [-0.39, 0.29) is 29.5 Å². The molecule has 0 aromatic heterocycles. The maximum Gasteiger partial charge on any atom is 0.522 e. The first kappa shape index (κ1) is 39.2. The number of halogens is 6. The Kier molecular flexibility index (Phi) is 13.1. The molecule has 0 aliphatic carbocycles. The van der Waals surface area contributed by atoms with E-state index in [0.717, 1.165) is 32.5 Å². The van der Waals surface area contributed by atoms with Crippen LogP contribution in [0.2, 0.25) is 0 Å². The van der Waals surface area contributed by atoms with Crippen molar-refractivity contribution >= 4 is 50.6 Å². The second kappa shape index (κ2) is 15.3. The van der Waals surface area contributed by atoms with Crippen molar-refractivity contribution < 1.29 is 71.5 Å². The molecule has 262 valence electrons. The topological polar surface area (TPSA) is 214 Å². The van der Waals surface area contributed by atoms with Crippen LogP contribution in [0.25, 0.3) is 0 Å². The van der Waals surface area contributed by atoms with Crippen LogP contribution in [0.1, 0.15) is 24.8 Å². The van der Waals surface area contributed by atoms with Gasteiger partial charge in [0.15, 0.2) is 0 Å². The fourth-order valence-electron chi connectivity index (χ4n) is 4.61. The third kappa shape index (κ3) is 11.4. The van der Waals surface area contributed by atoms with Gasteiger partial charge in [-0.2, -0.15) is 55.8 Å². The number of hydrogen-bond acceptors (Lipinski definition) is 11. The van der Waals surface area contributed by atoms with Gasteiger partial charge in [-0.25, -0.2) is 4.79 Å².